The summed E-state index contributed by atoms with van der Waals surface area (Å²) in [5, 5.41) is 2.34. The third-order valence-electron chi connectivity index (χ3n) is 10.2. The van der Waals surface area contributed by atoms with Gasteiger partial charge in [-0.3, -0.25) is 0 Å². The summed E-state index contributed by atoms with van der Waals surface area (Å²) in [4.78, 5) is 15.0. The summed E-state index contributed by atoms with van der Waals surface area (Å²) in [7, 11) is 0. The highest BCUT2D eigenvalue weighted by molar-refractivity contribution is 6.11. The molecule has 0 amide bonds. The van der Waals surface area contributed by atoms with Gasteiger partial charge in [-0.2, -0.15) is 0 Å². The normalized spacial score (nSPS) is 11.3. The van der Waals surface area contributed by atoms with E-state index in [1.165, 1.54) is 60.6 Å². The van der Waals surface area contributed by atoms with Gasteiger partial charge >= 0.3 is 0 Å². The summed E-state index contributed by atoms with van der Waals surface area (Å²) in [6.07, 6.45) is 10.9. The molecular weight excluding hydrogens is 645 g/mol. The highest BCUT2D eigenvalue weighted by Gasteiger charge is 2.17. The van der Waals surface area contributed by atoms with Crippen LogP contribution in [0.15, 0.2) is 152 Å². The lowest BCUT2D eigenvalue weighted by molar-refractivity contribution is 0.607. The van der Waals surface area contributed by atoms with Crippen molar-refractivity contribution < 1.29 is 0 Å². The first kappa shape index (κ1) is 34.0. The SMILES string of the molecule is C=Cc1ccc(-c2ccc3c(c2)c2cc(-c4nc(-c5ccccc5)nc(-c5ccccc5)n4)ccc2n3-c2ccc(CCCCCCCC)cc2)cc1. The highest BCUT2D eigenvalue weighted by Crippen LogP contribution is 2.37. The van der Waals surface area contributed by atoms with Gasteiger partial charge in [0.25, 0.3) is 0 Å². The summed E-state index contributed by atoms with van der Waals surface area (Å²) in [5.41, 5.74) is 11.2. The quantitative estimate of drug-likeness (QED) is 0.113. The molecule has 2 aromatic heterocycles. The van der Waals surface area contributed by atoms with E-state index in [9.17, 15) is 0 Å². The summed E-state index contributed by atoms with van der Waals surface area (Å²) < 4.78 is 2.39. The van der Waals surface area contributed by atoms with Crippen LogP contribution < -0.4 is 0 Å². The molecule has 0 aliphatic rings. The van der Waals surface area contributed by atoms with Gasteiger partial charge in [-0.25, -0.2) is 15.0 Å². The Kier molecular flexibility index (Phi) is 10.0. The predicted octanol–water partition coefficient (Wildman–Crippen LogP) is 13.2. The maximum Gasteiger partial charge on any atom is 0.164 e. The zero-order valence-corrected chi connectivity index (χ0v) is 30.4. The van der Waals surface area contributed by atoms with Crippen LogP contribution in [0.4, 0.5) is 0 Å². The molecule has 0 spiro atoms. The smallest absolute Gasteiger partial charge is 0.164 e. The molecule has 0 saturated carbocycles. The van der Waals surface area contributed by atoms with Crippen LogP contribution in [0.2, 0.25) is 0 Å². The van der Waals surface area contributed by atoms with Crippen molar-refractivity contribution in [1.82, 2.24) is 19.5 Å². The minimum atomic E-state index is 0.649. The predicted molar refractivity (Wildman–Crippen MR) is 223 cm³/mol. The number of unbranched alkanes of at least 4 members (excludes halogenated alkanes) is 5. The van der Waals surface area contributed by atoms with Crippen molar-refractivity contribution in [3.05, 3.63) is 163 Å². The second-order valence-corrected chi connectivity index (χ2v) is 13.8. The van der Waals surface area contributed by atoms with Crippen molar-refractivity contribution in [2.75, 3.05) is 0 Å². The fraction of sp³-hybridized carbons (Fsp3) is 0.163. The summed E-state index contributed by atoms with van der Waals surface area (Å²) in [5.74, 6) is 1.96. The first-order valence-electron chi connectivity index (χ1n) is 19.0. The van der Waals surface area contributed by atoms with Gasteiger partial charge in [0.05, 0.1) is 11.0 Å². The van der Waals surface area contributed by atoms with Gasteiger partial charge in [-0.05, 0) is 77.6 Å². The van der Waals surface area contributed by atoms with Crippen LogP contribution in [0.1, 0.15) is 56.6 Å². The van der Waals surface area contributed by atoms with E-state index >= 15 is 0 Å². The average molecular weight is 689 g/mol. The van der Waals surface area contributed by atoms with Crippen LogP contribution in [0, 0.1) is 0 Å². The topological polar surface area (TPSA) is 43.6 Å². The zero-order valence-electron chi connectivity index (χ0n) is 30.4. The Labute approximate surface area is 312 Å². The van der Waals surface area contributed by atoms with Crippen molar-refractivity contribution in [1.29, 1.82) is 0 Å². The number of hydrogen-bond acceptors (Lipinski definition) is 3. The maximum absolute atomic E-state index is 5.05. The number of fused-ring (bicyclic) bond motifs is 3. The maximum atomic E-state index is 5.05. The lowest BCUT2D eigenvalue weighted by atomic mass is 10.0. The Hall–Kier alpha value is -6.13. The molecule has 2 heterocycles. The molecule has 0 aliphatic heterocycles. The first-order chi connectivity index (χ1) is 26.2. The number of nitrogens with zero attached hydrogens (tertiary/aromatic N) is 4. The third kappa shape index (κ3) is 7.31. The van der Waals surface area contributed by atoms with Crippen molar-refractivity contribution in [3.63, 3.8) is 0 Å². The Morgan fingerprint density at radius 1 is 0.491 bits per heavy atom. The summed E-state index contributed by atoms with van der Waals surface area (Å²) in [6, 6.07) is 51.5. The van der Waals surface area contributed by atoms with Gasteiger partial charge in [0, 0.05) is 33.2 Å². The molecule has 260 valence electrons. The lowest BCUT2D eigenvalue weighted by Crippen LogP contribution is -2.00. The molecule has 6 aromatic carbocycles. The first-order valence-corrected chi connectivity index (χ1v) is 19.0. The molecule has 0 unspecified atom stereocenters. The molecule has 0 N–H and O–H groups in total. The van der Waals surface area contributed by atoms with E-state index in [0.717, 1.165) is 50.8 Å². The van der Waals surface area contributed by atoms with Crippen molar-refractivity contribution in [2.45, 2.75) is 51.9 Å². The molecule has 0 atom stereocenters. The molecule has 0 fully saturated rings. The number of aromatic nitrogens is 4. The van der Waals surface area contributed by atoms with Crippen molar-refractivity contribution in [3.8, 4) is 51.0 Å². The van der Waals surface area contributed by atoms with Crippen LogP contribution in [0.3, 0.4) is 0 Å². The van der Waals surface area contributed by atoms with Crippen LogP contribution in [-0.2, 0) is 6.42 Å². The molecule has 4 nitrogen and oxygen atoms in total. The van der Waals surface area contributed by atoms with Gasteiger partial charge in [-0.15, -0.1) is 0 Å². The van der Waals surface area contributed by atoms with E-state index in [1.54, 1.807) is 0 Å². The molecule has 0 bridgehead atoms. The van der Waals surface area contributed by atoms with E-state index in [1.807, 2.05) is 66.7 Å². The van der Waals surface area contributed by atoms with Crippen LogP contribution in [0.25, 0.3) is 78.9 Å². The molecule has 8 aromatic rings. The Morgan fingerprint density at radius 3 is 1.58 bits per heavy atom. The number of hydrogen-bond donors (Lipinski definition) is 0. The molecule has 0 saturated heterocycles. The van der Waals surface area contributed by atoms with Gasteiger partial charge in [0.2, 0.25) is 0 Å². The molecule has 53 heavy (non-hydrogen) atoms. The summed E-state index contributed by atoms with van der Waals surface area (Å²) >= 11 is 0. The van der Waals surface area contributed by atoms with Gasteiger partial charge in [0.1, 0.15) is 0 Å². The number of benzene rings is 6. The second kappa shape index (κ2) is 15.6. The Morgan fingerprint density at radius 2 is 1.00 bits per heavy atom. The zero-order chi connectivity index (χ0) is 36.0. The minimum Gasteiger partial charge on any atom is -0.309 e. The van der Waals surface area contributed by atoms with Crippen LogP contribution in [0.5, 0.6) is 0 Å². The fourth-order valence-corrected chi connectivity index (χ4v) is 7.29. The number of aryl methyl sites for hydroxylation is 1. The number of rotatable bonds is 13. The molecule has 0 radical (unpaired) electrons. The Balaban J connectivity index is 1.24. The summed E-state index contributed by atoms with van der Waals surface area (Å²) in [6.45, 7) is 6.21. The standard InChI is InChI=1S/C49H44N4/c1-3-5-6-7-8-11-16-36-23-29-42(30-24-36)53-45-31-27-40(37-25-21-35(4-2)22-26-37)33-43(45)44-34-41(28-32-46(44)53)49-51-47(38-17-12-9-13-18-38)50-48(52-49)39-19-14-10-15-20-39/h4,9-10,12-15,17-34H,2-3,5-8,11,16H2,1H3. The Bertz CT molecular complexity index is 2420. The van der Waals surface area contributed by atoms with Crippen molar-refractivity contribution >= 4 is 27.9 Å². The second-order valence-electron chi connectivity index (χ2n) is 13.8. The highest BCUT2D eigenvalue weighted by atomic mass is 15.0. The molecule has 8 rings (SSSR count). The van der Waals surface area contributed by atoms with Crippen LogP contribution >= 0.6 is 0 Å². The minimum absolute atomic E-state index is 0.649. The van der Waals surface area contributed by atoms with E-state index in [0.29, 0.717) is 17.5 Å². The van der Waals surface area contributed by atoms with E-state index in [2.05, 4.69) is 103 Å². The van der Waals surface area contributed by atoms with Gasteiger partial charge < -0.3 is 4.57 Å². The largest absolute Gasteiger partial charge is 0.309 e. The van der Waals surface area contributed by atoms with Gasteiger partial charge in [0.15, 0.2) is 17.5 Å². The average Bonchev–Trinajstić information content (AvgIpc) is 3.56. The molecule has 0 aliphatic carbocycles. The van der Waals surface area contributed by atoms with E-state index in [-0.39, 0.29) is 0 Å². The molecule has 4 heteroatoms. The fourth-order valence-electron chi connectivity index (χ4n) is 7.29. The van der Waals surface area contributed by atoms with E-state index < -0.39 is 0 Å². The van der Waals surface area contributed by atoms with Crippen LogP contribution in [-0.4, -0.2) is 19.5 Å². The lowest BCUT2D eigenvalue weighted by Gasteiger charge is -2.11. The third-order valence-corrected chi connectivity index (χ3v) is 10.2. The molecular formula is C49H44N4. The van der Waals surface area contributed by atoms with Crippen molar-refractivity contribution in [2.24, 2.45) is 0 Å². The monoisotopic (exact) mass is 688 g/mol. The van der Waals surface area contributed by atoms with Gasteiger partial charge in [-0.1, -0.05) is 155 Å². The van der Waals surface area contributed by atoms with E-state index in [4.69, 9.17) is 15.0 Å².